The maximum Gasteiger partial charge on any atom is 0.265 e. The van der Waals surface area contributed by atoms with Gasteiger partial charge >= 0.3 is 0 Å². The summed E-state index contributed by atoms with van der Waals surface area (Å²) in [5, 5.41) is 2.83. The molecule has 0 heterocycles. The number of benzene rings is 3. The number of nitrogens with zero attached hydrogens (tertiary/aromatic N) is 1. The summed E-state index contributed by atoms with van der Waals surface area (Å²) in [6.45, 7) is 2.34. The molecule has 10 nitrogen and oxygen atoms in total. The van der Waals surface area contributed by atoms with Crippen LogP contribution in [0.25, 0.3) is 0 Å². The van der Waals surface area contributed by atoms with E-state index < -0.39 is 22.5 Å². The normalized spacial score (nSPS) is 10.9. The first-order chi connectivity index (χ1) is 19.3. The van der Waals surface area contributed by atoms with Gasteiger partial charge in [0.15, 0.2) is 11.5 Å². The molecule has 0 spiro atoms. The van der Waals surface area contributed by atoms with Gasteiger partial charge in [-0.05, 0) is 55.7 Å². The van der Waals surface area contributed by atoms with Crippen LogP contribution in [0, 0.1) is 0 Å². The summed E-state index contributed by atoms with van der Waals surface area (Å²) in [6.07, 6.45) is 1.33. The van der Waals surface area contributed by atoms with Gasteiger partial charge in [0, 0.05) is 18.7 Å². The maximum atomic E-state index is 14.0. The van der Waals surface area contributed by atoms with Crippen molar-refractivity contribution in [1.29, 1.82) is 0 Å². The number of hydrogen-bond donors (Lipinski definition) is 1. The van der Waals surface area contributed by atoms with Gasteiger partial charge < -0.3 is 29.0 Å². The van der Waals surface area contributed by atoms with Crippen LogP contribution in [0.3, 0.4) is 0 Å². The number of para-hydroxylation sites is 1. The fraction of sp³-hybridized carbons (Fsp3) is 0.345. The van der Waals surface area contributed by atoms with E-state index in [-0.39, 0.29) is 22.1 Å². The van der Waals surface area contributed by atoms with Crippen molar-refractivity contribution < 1.29 is 36.9 Å². The Morgan fingerprint density at radius 2 is 1.52 bits per heavy atom. The van der Waals surface area contributed by atoms with E-state index in [0.717, 1.165) is 15.6 Å². The highest BCUT2D eigenvalue weighted by Gasteiger charge is 2.31. The molecule has 3 rings (SSSR count). The lowest BCUT2D eigenvalue weighted by Gasteiger charge is -2.26. The van der Waals surface area contributed by atoms with Crippen LogP contribution in [0.4, 0.5) is 5.69 Å². The molecule has 3 aromatic carbocycles. The molecular formula is C29H36N2O8S. The Bertz CT molecular complexity index is 1390. The van der Waals surface area contributed by atoms with Gasteiger partial charge in [-0.25, -0.2) is 8.42 Å². The van der Waals surface area contributed by atoms with Crippen LogP contribution < -0.4 is 33.3 Å². The van der Waals surface area contributed by atoms with E-state index in [4.69, 9.17) is 23.7 Å². The van der Waals surface area contributed by atoms with Crippen LogP contribution in [0.2, 0.25) is 0 Å². The zero-order valence-electron chi connectivity index (χ0n) is 23.4. The number of carbonyl (C=O) groups is 1. The van der Waals surface area contributed by atoms with Gasteiger partial charge in [-0.2, -0.15) is 0 Å². The van der Waals surface area contributed by atoms with Crippen molar-refractivity contribution in [2.75, 3.05) is 52.4 Å². The van der Waals surface area contributed by atoms with E-state index in [1.165, 1.54) is 52.7 Å². The summed E-state index contributed by atoms with van der Waals surface area (Å²) >= 11 is 0. The van der Waals surface area contributed by atoms with Crippen molar-refractivity contribution in [3.63, 3.8) is 0 Å². The Kier molecular flexibility index (Phi) is 10.9. The molecule has 0 saturated carbocycles. The average molecular weight is 573 g/mol. The number of amides is 1. The molecule has 1 N–H and O–H groups in total. The second-order valence-corrected chi connectivity index (χ2v) is 10.4. The first kappa shape index (κ1) is 30.4. The largest absolute Gasteiger partial charge is 0.497 e. The first-order valence-electron chi connectivity index (χ1n) is 12.7. The first-order valence-corrected chi connectivity index (χ1v) is 14.2. The van der Waals surface area contributed by atoms with E-state index in [1.807, 2.05) is 31.2 Å². The summed E-state index contributed by atoms with van der Waals surface area (Å²) in [7, 11) is 1.50. The molecule has 3 aromatic rings. The average Bonchev–Trinajstić information content (AvgIpc) is 2.98. The predicted octanol–water partition coefficient (Wildman–Crippen LogP) is 4.06. The highest BCUT2D eigenvalue weighted by atomic mass is 32.2. The number of ether oxygens (including phenoxy) is 5. The van der Waals surface area contributed by atoms with Crippen molar-refractivity contribution in [3.05, 3.63) is 66.2 Å². The Morgan fingerprint density at radius 1 is 0.825 bits per heavy atom. The molecule has 0 bridgehead atoms. The van der Waals surface area contributed by atoms with Crippen molar-refractivity contribution in [2.45, 2.75) is 24.7 Å². The maximum absolute atomic E-state index is 14.0. The van der Waals surface area contributed by atoms with Crippen LogP contribution in [-0.4, -0.2) is 62.5 Å². The molecule has 0 atom stereocenters. The number of methoxy groups -OCH3 is 4. The van der Waals surface area contributed by atoms with Crippen molar-refractivity contribution in [1.82, 2.24) is 5.32 Å². The second kappa shape index (κ2) is 14.3. The standard InChI is InChI=1S/C29H36N2O8S/c1-6-39-25-12-8-7-10-21(25)11-9-17-30-29(32)20-31(24-18-22(35-2)13-15-26(24)36-3)40(33,34)23-14-16-27(37-4)28(19-23)38-5/h7-8,10,12-16,18-19H,6,9,11,17,20H2,1-5H3,(H,30,32). The molecule has 40 heavy (non-hydrogen) atoms. The van der Waals surface area contributed by atoms with Crippen molar-refractivity contribution in [3.8, 4) is 28.7 Å². The lowest BCUT2D eigenvalue weighted by Crippen LogP contribution is -2.41. The Balaban J connectivity index is 1.86. The fourth-order valence-corrected chi connectivity index (χ4v) is 5.53. The highest BCUT2D eigenvalue weighted by Crippen LogP contribution is 2.37. The van der Waals surface area contributed by atoms with Gasteiger partial charge in [0.2, 0.25) is 5.91 Å². The van der Waals surface area contributed by atoms with E-state index >= 15 is 0 Å². The second-order valence-electron chi connectivity index (χ2n) is 8.56. The Hall–Kier alpha value is -4.12. The van der Waals surface area contributed by atoms with E-state index in [9.17, 15) is 13.2 Å². The number of hydrogen-bond acceptors (Lipinski definition) is 8. The SMILES string of the molecule is CCOc1ccccc1CCCNC(=O)CN(c1cc(OC)ccc1OC)S(=O)(=O)c1ccc(OC)c(OC)c1. The molecule has 0 aliphatic heterocycles. The predicted molar refractivity (Wildman–Crippen MR) is 153 cm³/mol. The van der Waals surface area contributed by atoms with Crippen LogP contribution >= 0.6 is 0 Å². The van der Waals surface area contributed by atoms with Gasteiger partial charge in [0.05, 0.1) is 45.6 Å². The summed E-state index contributed by atoms with van der Waals surface area (Å²) in [6, 6.07) is 16.7. The quantitative estimate of drug-likeness (QED) is 0.271. The molecule has 0 saturated heterocycles. The van der Waals surface area contributed by atoms with E-state index in [2.05, 4.69) is 5.32 Å². The van der Waals surface area contributed by atoms with Crippen LogP contribution in [0.1, 0.15) is 18.9 Å². The van der Waals surface area contributed by atoms with Gasteiger partial charge in [-0.1, -0.05) is 18.2 Å². The number of anilines is 1. The van der Waals surface area contributed by atoms with Crippen LogP contribution in [0.15, 0.2) is 65.6 Å². The minimum atomic E-state index is -4.27. The monoisotopic (exact) mass is 572 g/mol. The molecule has 0 aliphatic carbocycles. The molecule has 0 radical (unpaired) electrons. The van der Waals surface area contributed by atoms with E-state index in [0.29, 0.717) is 37.5 Å². The fourth-order valence-electron chi connectivity index (χ4n) is 4.10. The summed E-state index contributed by atoms with van der Waals surface area (Å²) < 4.78 is 55.9. The summed E-state index contributed by atoms with van der Waals surface area (Å²) in [4.78, 5) is 13.0. The van der Waals surface area contributed by atoms with Gasteiger partial charge in [-0.15, -0.1) is 0 Å². The molecule has 0 aliphatic rings. The lowest BCUT2D eigenvalue weighted by atomic mass is 10.1. The Labute approximate surface area is 235 Å². The number of rotatable bonds is 15. The molecule has 0 unspecified atom stereocenters. The third kappa shape index (κ3) is 7.29. The van der Waals surface area contributed by atoms with Crippen molar-refractivity contribution in [2.24, 2.45) is 0 Å². The molecule has 11 heteroatoms. The third-order valence-electron chi connectivity index (χ3n) is 6.10. The lowest BCUT2D eigenvalue weighted by molar-refractivity contribution is -0.119. The molecule has 1 amide bonds. The zero-order valence-corrected chi connectivity index (χ0v) is 24.2. The van der Waals surface area contributed by atoms with Crippen LogP contribution in [0.5, 0.6) is 28.7 Å². The van der Waals surface area contributed by atoms with Crippen LogP contribution in [-0.2, 0) is 21.2 Å². The number of carbonyl (C=O) groups excluding carboxylic acids is 1. The number of sulfonamides is 1. The third-order valence-corrected chi connectivity index (χ3v) is 7.86. The minimum Gasteiger partial charge on any atom is -0.497 e. The number of nitrogens with one attached hydrogen (secondary N) is 1. The molecule has 0 fully saturated rings. The summed E-state index contributed by atoms with van der Waals surface area (Å²) in [5.41, 5.74) is 1.19. The van der Waals surface area contributed by atoms with Gasteiger partial charge in [-0.3, -0.25) is 9.10 Å². The molecular weight excluding hydrogens is 536 g/mol. The topological polar surface area (TPSA) is 113 Å². The molecule has 216 valence electrons. The Morgan fingerprint density at radius 3 is 2.20 bits per heavy atom. The van der Waals surface area contributed by atoms with Gasteiger partial charge in [0.25, 0.3) is 10.0 Å². The van der Waals surface area contributed by atoms with Crippen molar-refractivity contribution >= 4 is 21.6 Å². The highest BCUT2D eigenvalue weighted by molar-refractivity contribution is 7.92. The minimum absolute atomic E-state index is 0.0876. The smallest absolute Gasteiger partial charge is 0.265 e. The molecule has 0 aromatic heterocycles. The zero-order chi connectivity index (χ0) is 29.1. The van der Waals surface area contributed by atoms with E-state index in [1.54, 1.807) is 12.1 Å². The summed E-state index contributed by atoms with van der Waals surface area (Å²) in [5.74, 6) is 1.59. The number of aryl methyl sites for hydroxylation is 1. The van der Waals surface area contributed by atoms with Gasteiger partial charge in [0.1, 0.15) is 23.8 Å².